The Morgan fingerprint density at radius 2 is 2.19 bits per heavy atom. The first-order chi connectivity index (χ1) is 11.6. The molecule has 3 atom stereocenters. The average molecular weight is 403 g/mol. The highest BCUT2D eigenvalue weighted by molar-refractivity contribution is 5.85. The van der Waals surface area contributed by atoms with Crippen LogP contribution in [0, 0.1) is 17.7 Å². The minimum Gasteiger partial charge on any atom is -0.342 e. The van der Waals surface area contributed by atoms with Crippen molar-refractivity contribution < 1.29 is 9.18 Å². The number of aryl methyl sites for hydroxylation is 1. The zero-order chi connectivity index (χ0) is 17.1. The number of carbonyl (C=O) groups excluding carboxylic acids is 1. The molecule has 0 saturated heterocycles. The van der Waals surface area contributed by atoms with Crippen molar-refractivity contribution in [3.05, 3.63) is 53.9 Å². The Bertz CT molecular complexity index is 725. The number of halogens is 3. The van der Waals surface area contributed by atoms with Gasteiger partial charge in [0.15, 0.2) is 0 Å². The topological polar surface area (TPSA) is 72.9 Å². The molecule has 1 aliphatic rings. The summed E-state index contributed by atoms with van der Waals surface area (Å²) >= 11 is 0. The Morgan fingerprint density at radius 1 is 1.42 bits per heavy atom. The van der Waals surface area contributed by atoms with Crippen molar-refractivity contribution in [1.82, 2.24) is 14.9 Å². The first-order valence-electron chi connectivity index (χ1n) is 8.33. The van der Waals surface area contributed by atoms with Crippen LogP contribution in [0.25, 0.3) is 0 Å². The maximum Gasteiger partial charge on any atom is 0.224 e. The van der Waals surface area contributed by atoms with Crippen molar-refractivity contribution in [2.45, 2.75) is 25.3 Å². The quantitative estimate of drug-likeness (QED) is 0.806. The van der Waals surface area contributed by atoms with Gasteiger partial charge in [-0.3, -0.25) is 4.79 Å². The molecule has 1 amide bonds. The third-order valence-corrected chi connectivity index (χ3v) is 4.88. The van der Waals surface area contributed by atoms with Crippen LogP contribution >= 0.6 is 24.8 Å². The van der Waals surface area contributed by atoms with E-state index in [1.165, 1.54) is 12.1 Å². The fraction of sp³-hybridized carbons (Fsp3) is 0.444. The number of amides is 1. The van der Waals surface area contributed by atoms with Crippen LogP contribution in [0.2, 0.25) is 0 Å². The molecule has 0 spiro atoms. The molecule has 1 heterocycles. The SMILES string of the molecule is Cl.Cl.Cn1ccnc1C(NC(=O)[C@@H]1CCC[C@@H]1CN)c1cccc(F)c1. The minimum absolute atomic E-state index is 0. The van der Waals surface area contributed by atoms with E-state index in [1.54, 1.807) is 18.3 Å². The van der Waals surface area contributed by atoms with Crippen molar-refractivity contribution in [1.29, 1.82) is 0 Å². The van der Waals surface area contributed by atoms with Gasteiger partial charge < -0.3 is 15.6 Å². The summed E-state index contributed by atoms with van der Waals surface area (Å²) in [7, 11) is 1.86. The Balaban J connectivity index is 0.00000169. The lowest BCUT2D eigenvalue weighted by Gasteiger charge is -2.23. The molecular formula is C18H25Cl2FN4O. The zero-order valence-corrected chi connectivity index (χ0v) is 16.2. The van der Waals surface area contributed by atoms with E-state index in [0.29, 0.717) is 17.9 Å². The van der Waals surface area contributed by atoms with E-state index >= 15 is 0 Å². The number of imidazole rings is 1. The lowest BCUT2D eigenvalue weighted by atomic mass is 9.94. The number of hydrogen-bond acceptors (Lipinski definition) is 3. The zero-order valence-electron chi connectivity index (χ0n) is 14.6. The van der Waals surface area contributed by atoms with E-state index < -0.39 is 6.04 Å². The van der Waals surface area contributed by atoms with Gasteiger partial charge in [0.05, 0.1) is 0 Å². The lowest BCUT2D eigenvalue weighted by molar-refractivity contribution is -0.126. The normalized spacial score (nSPS) is 20.0. The van der Waals surface area contributed by atoms with Gasteiger partial charge in [-0.2, -0.15) is 0 Å². The van der Waals surface area contributed by atoms with Gasteiger partial charge in [-0.05, 0) is 43.0 Å². The number of aromatic nitrogens is 2. The maximum absolute atomic E-state index is 13.7. The fourth-order valence-corrected chi connectivity index (χ4v) is 3.55. The van der Waals surface area contributed by atoms with Crippen LogP contribution in [0.1, 0.15) is 36.7 Å². The summed E-state index contributed by atoms with van der Waals surface area (Å²) in [4.78, 5) is 17.1. The number of nitrogens with zero attached hydrogens (tertiary/aromatic N) is 2. The molecule has 3 N–H and O–H groups in total. The van der Waals surface area contributed by atoms with Crippen LogP contribution in [0.5, 0.6) is 0 Å². The Hall–Kier alpha value is -1.63. The van der Waals surface area contributed by atoms with Gasteiger partial charge in [-0.25, -0.2) is 9.37 Å². The van der Waals surface area contributed by atoms with Gasteiger partial charge in [0, 0.05) is 25.4 Å². The lowest BCUT2D eigenvalue weighted by Crippen LogP contribution is -2.38. The molecule has 5 nitrogen and oxygen atoms in total. The van der Waals surface area contributed by atoms with Crippen molar-refractivity contribution in [2.24, 2.45) is 24.6 Å². The van der Waals surface area contributed by atoms with Crippen LogP contribution in [0.3, 0.4) is 0 Å². The minimum atomic E-state index is -0.479. The first-order valence-corrected chi connectivity index (χ1v) is 8.33. The summed E-state index contributed by atoms with van der Waals surface area (Å²) in [6.07, 6.45) is 6.34. The van der Waals surface area contributed by atoms with Crippen LogP contribution in [-0.4, -0.2) is 22.0 Å². The van der Waals surface area contributed by atoms with Crippen molar-refractivity contribution in [3.8, 4) is 0 Å². The van der Waals surface area contributed by atoms with Crippen LogP contribution in [-0.2, 0) is 11.8 Å². The van der Waals surface area contributed by atoms with Crippen LogP contribution < -0.4 is 11.1 Å². The van der Waals surface area contributed by atoms with E-state index in [4.69, 9.17) is 5.73 Å². The standard InChI is InChI=1S/C18H23FN4O.2ClH/c1-23-9-8-21-17(23)16(12-4-2-6-14(19)10-12)22-18(24)15-7-3-5-13(15)11-20;;/h2,4,6,8-10,13,15-16H,3,5,7,11,20H2,1H3,(H,22,24);2*1H/t13-,15-,16?;;/m1../s1. The van der Waals surface area contributed by atoms with Gasteiger partial charge in [0.1, 0.15) is 17.7 Å². The molecule has 2 aromatic rings. The molecule has 3 rings (SSSR count). The second-order valence-electron chi connectivity index (χ2n) is 6.43. The van der Waals surface area contributed by atoms with Gasteiger partial charge in [0.2, 0.25) is 5.91 Å². The molecule has 144 valence electrons. The summed E-state index contributed by atoms with van der Waals surface area (Å²) in [6, 6.07) is 5.80. The van der Waals surface area contributed by atoms with Crippen LogP contribution in [0.4, 0.5) is 4.39 Å². The van der Waals surface area contributed by atoms with Gasteiger partial charge >= 0.3 is 0 Å². The molecule has 26 heavy (non-hydrogen) atoms. The molecule has 1 saturated carbocycles. The maximum atomic E-state index is 13.7. The molecule has 0 radical (unpaired) electrons. The predicted octanol–water partition coefficient (Wildman–Crippen LogP) is 2.98. The van der Waals surface area contributed by atoms with E-state index in [2.05, 4.69) is 10.3 Å². The highest BCUT2D eigenvalue weighted by atomic mass is 35.5. The molecule has 1 fully saturated rings. The van der Waals surface area contributed by atoms with Crippen molar-refractivity contribution in [3.63, 3.8) is 0 Å². The van der Waals surface area contributed by atoms with Gasteiger partial charge in [-0.1, -0.05) is 18.6 Å². The number of benzene rings is 1. The number of nitrogens with one attached hydrogen (secondary N) is 1. The first kappa shape index (κ1) is 22.4. The second-order valence-corrected chi connectivity index (χ2v) is 6.43. The number of rotatable bonds is 5. The number of carbonyl (C=O) groups is 1. The summed E-state index contributed by atoms with van der Waals surface area (Å²) in [6.45, 7) is 0.519. The molecular weight excluding hydrogens is 378 g/mol. The number of hydrogen-bond donors (Lipinski definition) is 2. The Labute approximate surface area is 165 Å². The van der Waals surface area contributed by atoms with Gasteiger partial charge in [-0.15, -0.1) is 24.8 Å². The molecule has 8 heteroatoms. The Kier molecular flexibility index (Phi) is 8.53. The van der Waals surface area contributed by atoms with Crippen molar-refractivity contribution >= 4 is 30.7 Å². The highest BCUT2D eigenvalue weighted by Crippen LogP contribution is 2.32. The van der Waals surface area contributed by atoms with Crippen molar-refractivity contribution in [2.75, 3.05) is 6.54 Å². The third kappa shape index (κ3) is 4.75. The second kappa shape index (κ2) is 9.90. The Morgan fingerprint density at radius 3 is 2.81 bits per heavy atom. The molecule has 1 aliphatic carbocycles. The highest BCUT2D eigenvalue weighted by Gasteiger charge is 2.34. The molecule has 1 unspecified atom stereocenters. The molecule has 0 bridgehead atoms. The van der Waals surface area contributed by atoms with E-state index in [9.17, 15) is 9.18 Å². The fourth-order valence-electron chi connectivity index (χ4n) is 3.55. The monoisotopic (exact) mass is 402 g/mol. The largest absolute Gasteiger partial charge is 0.342 e. The van der Waals surface area contributed by atoms with E-state index in [0.717, 1.165) is 19.3 Å². The average Bonchev–Trinajstić information content (AvgIpc) is 3.21. The summed E-state index contributed by atoms with van der Waals surface area (Å²) in [5.74, 6) is 0.462. The predicted molar refractivity (Wildman–Crippen MR) is 104 cm³/mol. The van der Waals surface area contributed by atoms with E-state index in [-0.39, 0.29) is 48.4 Å². The summed E-state index contributed by atoms with van der Waals surface area (Å²) in [5, 5.41) is 3.07. The van der Waals surface area contributed by atoms with Gasteiger partial charge in [0.25, 0.3) is 0 Å². The smallest absolute Gasteiger partial charge is 0.224 e. The molecule has 0 aliphatic heterocycles. The summed E-state index contributed by atoms with van der Waals surface area (Å²) < 4.78 is 15.5. The molecule has 1 aromatic heterocycles. The van der Waals surface area contributed by atoms with E-state index in [1.807, 2.05) is 17.8 Å². The van der Waals surface area contributed by atoms with Crippen LogP contribution in [0.15, 0.2) is 36.7 Å². The third-order valence-electron chi connectivity index (χ3n) is 4.88. The number of nitrogens with two attached hydrogens (primary N) is 1. The summed E-state index contributed by atoms with van der Waals surface area (Å²) in [5.41, 5.74) is 6.48. The molecule has 1 aromatic carbocycles.